The number of nitro groups is 1. The Balaban J connectivity index is 1.97. The Bertz CT molecular complexity index is 531. The summed E-state index contributed by atoms with van der Waals surface area (Å²) in [6, 6.07) is 2.38. The van der Waals surface area contributed by atoms with Crippen molar-refractivity contribution in [3.05, 3.63) is 46.2 Å². The van der Waals surface area contributed by atoms with Gasteiger partial charge in [-0.3, -0.25) is 14.9 Å². The number of H-pyrrole nitrogens is 1. The molecule has 2 aromatic rings. The Morgan fingerprint density at radius 2 is 2.41 bits per heavy atom. The molecule has 0 bridgehead atoms. The number of nitrogens with one attached hydrogen (secondary N) is 2. The van der Waals surface area contributed by atoms with E-state index in [9.17, 15) is 14.9 Å². The van der Waals surface area contributed by atoms with Crippen LogP contribution >= 0.6 is 0 Å². The largest absolute Gasteiger partial charge is 0.433 e. The molecule has 0 unspecified atom stereocenters. The van der Waals surface area contributed by atoms with Gasteiger partial charge in [-0.15, -0.1) is 0 Å². The minimum atomic E-state index is -0.703. The molecule has 88 valence electrons. The van der Waals surface area contributed by atoms with Crippen LogP contribution in [0.1, 0.15) is 16.2 Å². The Labute approximate surface area is 94.8 Å². The molecule has 0 aliphatic heterocycles. The van der Waals surface area contributed by atoms with Crippen molar-refractivity contribution in [2.45, 2.75) is 6.54 Å². The number of carbonyl (C=O) groups excluding carboxylic acids is 1. The molecule has 8 nitrogen and oxygen atoms in total. The van der Waals surface area contributed by atoms with Crippen molar-refractivity contribution in [1.29, 1.82) is 0 Å². The molecular weight excluding hydrogens is 228 g/mol. The summed E-state index contributed by atoms with van der Waals surface area (Å²) in [7, 11) is 0. The number of hydrogen-bond acceptors (Lipinski definition) is 5. The molecule has 2 heterocycles. The van der Waals surface area contributed by atoms with Gasteiger partial charge in [-0.2, -0.15) is 0 Å². The Morgan fingerprint density at radius 1 is 1.59 bits per heavy atom. The zero-order valence-corrected chi connectivity index (χ0v) is 8.54. The lowest BCUT2D eigenvalue weighted by molar-refractivity contribution is -0.402. The van der Waals surface area contributed by atoms with Gasteiger partial charge in [0.05, 0.1) is 24.6 Å². The number of aromatic amines is 1. The molecule has 0 aliphatic carbocycles. The van der Waals surface area contributed by atoms with E-state index in [1.54, 1.807) is 6.20 Å². The summed E-state index contributed by atoms with van der Waals surface area (Å²) in [5.41, 5.74) is 0.722. The van der Waals surface area contributed by atoms with Gasteiger partial charge >= 0.3 is 5.88 Å². The zero-order chi connectivity index (χ0) is 12.3. The minimum Gasteiger partial charge on any atom is -0.395 e. The van der Waals surface area contributed by atoms with Crippen LogP contribution in [0, 0.1) is 10.1 Å². The average Bonchev–Trinajstić information content (AvgIpc) is 2.96. The van der Waals surface area contributed by atoms with Crippen LogP contribution in [0.15, 0.2) is 29.1 Å². The second-order valence-electron chi connectivity index (χ2n) is 3.15. The number of nitrogens with zero attached hydrogens (tertiary/aromatic N) is 2. The second kappa shape index (κ2) is 4.47. The van der Waals surface area contributed by atoms with Crippen LogP contribution < -0.4 is 5.32 Å². The maximum absolute atomic E-state index is 11.5. The lowest BCUT2D eigenvalue weighted by Crippen LogP contribution is -2.22. The molecular formula is C9H8N4O4. The first-order valence-corrected chi connectivity index (χ1v) is 4.66. The molecule has 0 atom stereocenters. The topological polar surface area (TPSA) is 114 Å². The van der Waals surface area contributed by atoms with E-state index in [1.165, 1.54) is 12.4 Å². The molecule has 0 radical (unpaired) electrons. The molecule has 0 aliphatic rings. The number of amides is 1. The van der Waals surface area contributed by atoms with E-state index in [2.05, 4.69) is 15.3 Å². The number of aromatic nitrogens is 2. The van der Waals surface area contributed by atoms with Crippen molar-refractivity contribution < 1.29 is 14.1 Å². The quantitative estimate of drug-likeness (QED) is 0.603. The first-order chi connectivity index (χ1) is 8.16. The Hall–Kier alpha value is -2.64. The van der Waals surface area contributed by atoms with Gasteiger partial charge in [0.25, 0.3) is 5.91 Å². The lowest BCUT2D eigenvalue weighted by atomic mass is 10.4. The maximum atomic E-state index is 11.5. The van der Waals surface area contributed by atoms with Gasteiger partial charge in [0.15, 0.2) is 5.76 Å². The van der Waals surface area contributed by atoms with E-state index in [0.717, 1.165) is 11.8 Å². The maximum Gasteiger partial charge on any atom is 0.433 e. The highest BCUT2D eigenvalue weighted by molar-refractivity contribution is 5.91. The van der Waals surface area contributed by atoms with Crippen molar-refractivity contribution >= 4 is 11.8 Å². The average molecular weight is 236 g/mol. The van der Waals surface area contributed by atoms with E-state index >= 15 is 0 Å². The van der Waals surface area contributed by atoms with Crippen LogP contribution in [0.3, 0.4) is 0 Å². The first-order valence-electron chi connectivity index (χ1n) is 4.66. The number of hydrogen-bond donors (Lipinski definition) is 2. The molecule has 2 rings (SSSR count). The van der Waals surface area contributed by atoms with Gasteiger partial charge < -0.3 is 14.7 Å². The molecule has 0 spiro atoms. The van der Waals surface area contributed by atoms with Gasteiger partial charge in [0.1, 0.15) is 4.92 Å². The highest BCUT2D eigenvalue weighted by atomic mass is 16.6. The van der Waals surface area contributed by atoms with Crippen molar-refractivity contribution in [3.8, 4) is 0 Å². The number of imidazole rings is 1. The van der Waals surface area contributed by atoms with Crippen LogP contribution in [0.25, 0.3) is 0 Å². The van der Waals surface area contributed by atoms with Crippen LogP contribution in [0.4, 0.5) is 5.88 Å². The minimum absolute atomic E-state index is 0.101. The SMILES string of the molecule is O=C(NCc1cnc[nH]1)c1ccc([N+](=O)[O-])o1. The van der Waals surface area contributed by atoms with Crippen LogP contribution in [0.2, 0.25) is 0 Å². The zero-order valence-electron chi connectivity index (χ0n) is 8.54. The van der Waals surface area contributed by atoms with Gasteiger partial charge in [0.2, 0.25) is 0 Å². The highest BCUT2D eigenvalue weighted by Crippen LogP contribution is 2.15. The fourth-order valence-electron chi connectivity index (χ4n) is 1.19. The van der Waals surface area contributed by atoms with Gasteiger partial charge in [-0.25, -0.2) is 4.98 Å². The predicted molar refractivity (Wildman–Crippen MR) is 55.1 cm³/mol. The molecule has 0 saturated carbocycles. The molecule has 8 heteroatoms. The number of furan rings is 1. The van der Waals surface area contributed by atoms with Crippen molar-refractivity contribution in [2.24, 2.45) is 0 Å². The molecule has 0 saturated heterocycles. The van der Waals surface area contributed by atoms with Crippen LogP contribution in [0.5, 0.6) is 0 Å². The van der Waals surface area contributed by atoms with E-state index in [-0.39, 0.29) is 12.3 Å². The van der Waals surface area contributed by atoms with Gasteiger partial charge in [-0.05, 0) is 6.07 Å². The van der Waals surface area contributed by atoms with E-state index in [4.69, 9.17) is 4.42 Å². The van der Waals surface area contributed by atoms with E-state index in [0.29, 0.717) is 0 Å². The number of carbonyl (C=O) groups is 1. The number of rotatable bonds is 4. The van der Waals surface area contributed by atoms with E-state index < -0.39 is 16.7 Å². The van der Waals surface area contributed by atoms with Crippen molar-refractivity contribution in [3.63, 3.8) is 0 Å². The Kier molecular flexibility index (Phi) is 2.86. The third-order valence-corrected chi connectivity index (χ3v) is 1.99. The van der Waals surface area contributed by atoms with Gasteiger partial charge in [0, 0.05) is 6.20 Å². The summed E-state index contributed by atoms with van der Waals surface area (Å²) in [5.74, 6) is -1.08. The van der Waals surface area contributed by atoms with Crippen LogP contribution in [-0.4, -0.2) is 20.8 Å². The van der Waals surface area contributed by atoms with Crippen molar-refractivity contribution in [2.75, 3.05) is 0 Å². The fourth-order valence-corrected chi connectivity index (χ4v) is 1.19. The van der Waals surface area contributed by atoms with Crippen LogP contribution in [-0.2, 0) is 6.54 Å². The smallest absolute Gasteiger partial charge is 0.395 e. The third-order valence-electron chi connectivity index (χ3n) is 1.99. The molecule has 1 amide bonds. The normalized spacial score (nSPS) is 10.1. The third kappa shape index (κ3) is 2.48. The van der Waals surface area contributed by atoms with Gasteiger partial charge in [-0.1, -0.05) is 0 Å². The molecule has 0 fully saturated rings. The predicted octanol–water partition coefficient (Wildman–Crippen LogP) is 0.841. The summed E-state index contributed by atoms with van der Waals surface area (Å²) >= 11 is 0. The van der Waals surface area contributed by atoms with Crippen molar-refractivity contribution in [1.82, 2.24) is 15.3 Å². The molecule has 17 heavy (non-hydrogen) atoms. The Morgan fingerprint density at radius 3 is 3.00 bits per heavy atom. The molecule has 0 aromatic carbocycles. The summed E-state index contributed by atoms with van der Waals surface area (Å²) < 4.78 is 4.74. The molecule has 2 N–H and O–H groups in total. The highest BCUT2D eigenvalue weighted by Gasteiger charge is 2.16. The standard InChI is InChI=1S/C9H8N4O4/c14-9(11-4-6-3-10-5-12-6)7-1-2-8(17-7)13(15)16/h1-3,5H,4H2,(H,10,12)(H,11,14). The summed E-state index contributed by atoms with van der Waals surface area (Å²) in [6.45, 7) is 0.243. The molecule has 2 aromatic heterocycles. The first kappa shape index (κ1) is 10.9. The monoisotopic (exact) mass is 236 g/mol. The van der Waals surface area contributed by atoms with E-state index in [1.807, 2.05) is 0 Å². The lowest BCUT2D eigenvalue weighted by Gasteiger charge is -1.99. The summed E-state index contributed by atoms with van der Waals surface area (Å²) in [4.78, 5) is 27.7. The summed E-state index contributed by atoms with van der Waals surface area (Å²) in [6.07, 6.45) is 3.05. The second-order valence-corrected chi connectivity index (χ2v) is 3.15. The summed E-state index contributed by atoms with van der Waals surface area (Å²) in [5, 5.41) is 12.9. The fraction of sp³-hybridized carbons (Fsp3) is 0.111.